The van der Waals surface area contributed by atoms with E-state index < -0.39 is 11.8 Å². The number of nitrogens with zero attached hydrogens (tertiary/aromatic N) is 5. The molecule has 6 aliphatic rings. The van der Waals surface area contributed by atoms with Gasteiger partial charge in [0.1, 0.15) is 24.4 Å². The first-order chi connectivity index (χ1) is 26.9. The molecule has 1 aromatic heterocycles. The molecular formula is C46H50FN5O3. The van der Waals surface area contributed by atoms with Crippen LogP contribution < -0.4 is 14.5 Å². The highest BCUT2D eigenvalue weighted by Crippen LogP contribution is 2.53. The number of anilines is 2. The molecule has 284 valence electrons. The summed E-state index contributed by atoms with van der Waals surface area (Å²) in [4.78, 5) is 12.4. The van der Waals surface area contributed by atoms with Crippen LogP contribution in [0.1, 0.15) is 90.4 Å². The molecule has 0 unspecified atom stereocenters. The van der Waals surface area contributed by atoms with Crippen LogP contribution in [0.5, 0.6) is 5.88 Å². The van der Waals surface area contributed by atoms with E-state index in [-0.39, 0.29) is 11.1 Å². The number of halogens is 1. The maximum absolute atomic E-state index is 14.7. The van der Waals surface area contributed by atoms with Gasteiger partial charge in [-0.15, -0.1) is 0 Å². The van der Waals surface area contributed by atoms with E-state index in [4.69, 9.17) is 19.2 Å². The second-order valence-electron chi connectivity index (χ2n) is 17.2. The van der Waals surface area contributed by atoms with Crippen LogP contribution in [0.15, 0.2) is 78.9 Å². The van der Waals surface area contributed by atoms with Crippen molar-refractivity contribution in [3.05, 3.63) is 118 Å². The molecule has 0 amide bonds. The highest BCUT2D eigenvalue weighted by molar-refractivity contribution is 5.68. The Morgan fingerprint density at radius 3 is 2.42 bits per heavy atom. The van der Waals surface area contributed by atoms with Gasteiger partial charge in [-0.1, -0.05) is 73.7 Å². The first kappa shape index (κ1) is 35.0. The Bertz CT molecular complexity index is 2070. The Labute approximate surface area is 323 Å². The Kier molecular flexibility index (Phi) is 8.65. The first-order valence-electron chi connectivity index (χ1n) is 20.3. The van der Waals surface area contributed by atoms with E-state index in [1.54, 1.807) is 0 Å². The van der Waals surface area contributed by atoms with Crippen LogP contribution in [0, 0.1) is 11.3 Å². The highest BCUT2D eigenvalue weighted by Gasteiger charge is 2.53. The second-order valence-corrected chi connectivity index (χ2v) is 17.2. The molecule has 4 atom stereocenters. The Morgan fingerprint density at radius 2 is 1.75 bits per heavy atom. The van der Waals surface area contributed by atoms with Crippen LogP contribution in [0.4, 0.5) is 15.8 Å². The molecule has 10 rings (SSSR count). The van der Waals surface area contributed by atoms with Crippen molar-refractivity contribution < 1.29 is 18.6 Å². The Hall–Kier alpha value is -4.49. The number of benzene rings is 3. The number of hydrogen-bond donors (Lipinski definition) is 0. The van der Waals surface area contributed by atoms with Crippen molar-refractivity contribution in [1.82, 2.24) is 9.88 Å². The van der Waals surface area contributed by atoms with Gasteiger partial charge in [0.2, 0.25) is 5.88 Å². The summed E-state index contributed by atoms with van der Waals surface area (Å²) in [5.41, 5.74) is 8.49. The number of pyridine rings is 1. The lowest BCUT2D eigenvalue weighted by molar-refractivity contribution is -0.0914. The number of aromatic nitrogens is 1. The molecule has 1 aliphatic carbocycles. The number of nitriles is 1. The maximum Gasteiger partial charge on any atom is 0.215 e. The van der Waals surface area contributed by atoms with E-state index in [2.05, 4.69) is 94.4 Å². The Balaban J connectivity index is 1.05. The average molecular weight is 740 g/mol. The van der Waals surface area contributed by atoms with Crippen molar-refractivity contribution in [3.8, 4) is 11.9 Å². The van der Waals surface area contributed by atoms with Crippen molar-refractivity contribution in [2.45, 2.75) is 100 Å². The van der Waals surface area contributed by atoms with Crippen molar-refractivity contribution in [2.24, 2.45) is 0 Å². The van der Waals surface area contributed by atoms with Crippen LogP contribution in [0.2, 0.25) is 0 Å². The van der Waals surface area contributed by atoms with Crippen LogP contribution in [-0.4, -0.2) is 66.6 Å². The van der Waals surface area contributed by atoms with Crippen molar-refractivity contribution in [2.75, 3.05) is 49.3 Å². The van der Waals surface area contributed by atoms with Gasteiger partial charge < -0.3 is 24.0 Å². The monoisotopic (exact) mass is 739 g/mol. The fraction of sp³-hybridized carbons (Fsp3) is 0.478. The van der Waals surface area contributed by atoms with Gasteiger partial charge in [0, 0.05) is 56.2 Å². The molecular weight excluding hydrogens is 690 g/mol. The Morgan fingerprint density at radius 1 is 0.982 bits per heavy atom. The third kappa shape index (κ3) is 5.91. The van der Waals surface area contributed by atoms with Gasteiger partial charge in [-0.2, -0.15) is 5.26 Å². The molecule has 0 N–H and O–H groups in total. The lowest BCUT2D eigenvalue weighted by Crippen LogP contribution is -2.71. The van der Waals surface area contributed by atoms with Crippen LogP contribution >= 0.6 is 0 Å². The second kappa shape index (κ2) is 13.6. The first-order valence-corrected chi connectivity index (χ1v) is 20.3. The number of fused-ring (bicyclic) bond motifs is 4. The van der Waals surface area contributed by atoms with Gasteiger partial charge in [0.05, 0.1) is 53.5 Å². The molecule has 8 nitrogen and oxygen atoms in total. The van der Waals surface area contributed by atoms with E-state index in [0.717, 1.165) is 86.6 Å². The molecule has 4 fully saturated rings. The predicted octanol–water partition coefficient (Wildman–Crippen LogP) is 7.96. The molecule has 0 bridgehead atoms. The number of rotatable bonds is 9. The molecule has 0 radical (unpaired) electrons. The fourth-order valence-corrected chi connectivity index (χ4v) is 10.7. The number of alkyl halides is 1. The lowest BCUT2D eigenvalue weighted by atomic mass is 9.69. The maximum atomic E-state index is 14.7. The molecule has 0 saturated carbocycles. The van der Waals surface area contributed by atoms with Gasteiger partial charge >= 0.3 is 0 Å². The summed E-state index contributed by atoms with van der Waals surface area (Å²) in [7, 11) is 0. The summed E-state index contributed by atoms with van der Waals surface area (Å²) in [5.74, 6) is 0.896. The normalized spacial score (nSPS) is 27.5. The van der Waals surface area contributed by atoms with E-state index in [1.807, 2.05) is 12.1 Å². The average Bonchev–Trinajstić information content (AvgIpc) is 3.70. The van der Waals surface area contributed by atoms with E-state index in [9.17, 15) is 9.65 Å². The van der Waals surface area contributed by atoms with E-state index in [1.165, 1.54) is 16.7 Å². The predicted molar refractivity (Wildman–Crippen MR) is 210 cm³/mol. The third-order valence-electron chi connectivity index (χ3n) is 13.8. The van der Waals surface area contributed by atoms with Gasteiger partial charge in [-0.05, 0) is 67.3 Å². The van der Waals surface area contributed by atoms with E-state index in [0.29, 0.717) is 63.1 Å². The largest absolute Gasteiger partial charge is 0.476 e. The van der Waals surface area contributed by atoms with Crippen LogP contribution in [-0.2, 0) is 41.2 Å². The molecule has 55 heavy (non-hydrogen) atoms. The van der Waals surface area contributed by atoms with Crippen LogP contribution in [0.3, 0.4) is 0 Å². The molecule has 4 saturated heterocycles. The topological polar surface area (TPSA) is 74.1 Å². The minimum absolute atomic E-state index is 0.0199. The summed E-state index contributed by atoms with van der Waals surface area (Å²) in [5, 5.41) is 11.2. The molecule has 3 aromatic carbocycles. The van der Waals surface area contributed by atoms with Crippen molar-refractivity contribution >= 4 is 11.4 Å². The zero-order valence-electron chi connectivity index (χ0n) is 31.8. The summed E-state index contributed by atoms with van der Waals surface area (Å²) >= 11 is 0. The van der Waals surface area contributed by atoms with E-state index >= 15 is 0 Å². The summed E-state index contributed by atoms with van der Waals surface area (Å²) in [6.45, 7) is 8.30. The fourth-order valence-electron chi connectivity index (χ4n) is 10.7. The molecule has 2 spiro atoms. The lowest BCUT2D eigenvalue weighted by Gasteiger charge is -2.59. The SMILES string of the molecule is C[C@H]1CC[C@]2(Cc3nc(OC[C@@]45CCCN4C[C@H](F)C5)cc(N4CCC45COC5)c3CO2)c2c1ccc(N(Cc1ccccc1)Cc1ccccc1)c2C#N. The van der Waals surface area contributed by atoms with Gasteiger partial charge in [0.15, 0.2) is 0 Å². The molecule has 5 aliphatic heterocycles. The van der Waals surface area contributed by atoms with Gasteiger partial charge in [-0.3, -0.25) is 4.90 Å². The quantitative estimate of drug-likeness (QED) is 0.171. The highest BCUT2D eigenvalue weighted by atomic mass is 19.1. The molecule has 6 heterocycles. The zero-order valence-corrected chi connectivity index (χ0v) is 31.8. The summed E-state index contributed by atoms with van der Waals surface area (Å²) in [6, 6.07) is 30.3. The zero-order chi connectivity index (χ0) is 37.2. The molecule has 4 aromatic rings. The standard InChI is InChI=1S/C46H50FN5O3/c1-32-15-17-46(43-36(32)13-14-40(37(43)24-48)50(25-33-9-4-2-5-10-33)26-34-11-6-3-7-12-34)23-39-38(28-55-46)41(52-20-18-45(52)29-53-30-45)21-42(49-39)54-31-44-16-8-19-51(44)27-35(47)22-44/h2-7,9-14,21,32,35H,8,15-20,22-23,25-31H2,1H3/t32-,35+,44-,46-/m0/s1. The molecule has 9 heteroatoms. The third-order valence-corrected chi connectivity index (χ3v) is 13.8. The number of hydrogen-bond acceptors (Lipinski definition) is 8. The summed E-state index contributed by atoms with van der Waals surface area (Å²) < 4.78 is 34.4. The minimum atomic E-state index is -0.809. The van der Waals surface area contributed by atoms with Crippen molar-refractivity contribution in [3.63, 3.8) is 0 Å². The number of ether oxygens (including phenoxy) is 3. The van der Waals surface area contributed by atoms with Crippen LogP contribution in [0.25, 0.3) is 0 Å². The minimum Gasteiger partial charge on any atom is -0.476 e. The smallest absolute Gasteiger partial charge is 0.215 e. The summed E-state index contributed by atoms with van der Waals surface area (Å²) in [6.07, 6.45) is 5.16. The van der Waals surface area contributed by atoms with Crippen molar-refractivity contribution in [1.29, 1.82) is 5.26 Å². The van der Waals surface area contributed by atoms with Gasteiger partial charge in [0.25, 0.3) is 0 Å². The van der Waals surface area contributed by atoms with Gasteiger partial charge in [-0.25, -0.2) is 9.37 Å².